The van der Waals surface area contributed by atoms with E-state index in [1.807, 2.05) is 19.2 Å². The third-order valence-corrected chi connectivity index (χ3v) is 3.37. The van der Waals surface area contributed by atoms with E-state index in [0.717, 1.165) is 43.5 Å². The molecule has 0 radical (unpaired) electrons. The second-order valence-corrected chi connectivity index (χ2v) is 4.73. The summed E-state index contributed by atoms with van der Waals surface area (Å²) in [5.41, 5.74) is 2.42. The molecule has 96 valence electrons. The SMILES string of the molecule is CNCc1nc(-c2ccco2)n2c1CN(C)CC2. The Morgan fingerprint density at radius 1 is 1.44 bits per heavy atom. The van der Waals surface area contributed by atoms with Gasteiger partial charge in [0.15, 0.2) is 11.6 Å². The monoisotopic (exact) mass is 246 g/mol. The standard InChI is InChI=1S/C13H18N4O/c1-14-8-10-11-9-16(2)5-6-17(11)13(15-10)12-4-3-7-18-12/h3-4,7,14H,5-6,8-9H2,1-2H3. The summed E-state index contributed by atoms with van der Waals surface area (Å²) in [5, 5.41) is 3.18. The molecule has 0 bridgehead atoms. The van der Waals surface area contributed by atoms with E-state index >= 15 is 0 Å². The molecule has 0 aliphatic carbocycles. The molecule has 0 saturated heterocycles. The summed E-state index contributed by atoms with van der Waals surface area (Å²) in [4.78, 5) is 7.06. The van der Waals surface area contributed by atoms with Crippen molar-refractivity contribution in [3.8, 4) is 11.6 Å². The predicted molar refractivity (Wildman–Crippen MR) is 69.0 cm³/mol. The van der Waals surface area contributed by atoms with Gasteiger partial charge in [0.1, 0.15) is 0 Å². The highest BCUT2D eigenvalue weighted by Crippen LogP contribution is 2.26. The predicted octanol–water partition coefficient (Wildman–Crippen LogP) is 1.31. The van der Waals surface area contributed by atoms with E-state index in [4.69, 9.17) is 9.40 Å². The lowest BCUT2D eigenvalue weighted by Crippen LogP contribution is -2.31. The Morgan fingerprint density at radius 2 is 2.33 bits per heavy atom. The van der Waals surface area contributed by atoms with Gasteiger partial charge in [0.05, 0.1) is 17.7 Å². The second kappa shape index (κ2) is 4.59. The van der Waals surface area contributed by atoms with Crippen LogP contribution in [0.1, 0.15) is 11.4 Å². The highest BCUT2D eigenvalue weighted by Gasteiger charge is 2.23. The number of fused-ring (bicyclic) bond motifs is 1. The van der Waals surface area contributed by atoms with Crippen molar-refractivity contribution >= 4 is 0 Å². The van der Waals surface area contributed by atoms with Gasteiger partial charge < -0.3 is 14.3 Å². The zero-order valence-corrected chi connectivity index (χ0v) is 10.8. The maximum absolute atomic E-state index is 5.49. The Morgan fingerprint density at radius 3 is 3.06 bits per heavy atom. The molecule has 5 heteroatoms. The number of imidazole rings is 1. The zero-order valence-electron chi connectivity index (χ0n) is 10.8. The van der Waals surface area contributed by atoms with Gasteiger partial charge in [-0.2, -0.15) is 0 Å². The maximum atomic E-state index is 5.49. The number of likely N-dealkylation sites (N-methyl/N-ethyl adjacent to an activating group) is 1. The number of nitrogens with one attached hydrogen (secondary N) is 1. The minimum Gasteiger partial charge on any atom is -0.461 e. The van der Waals surface area contributed by atoms with E-state index < -0.39 is 0 Å². The zero-order chi connectivity index (χ0) is 12.5. The van der Waals surface area contributed by atoms with Gasteiger partial charge in [-0.1, -0.05) is 0 Å². The van der Waals surface area contributed by atoms with Crippen LogP contribution in [-0.2, 0) is 19.6 Å². The van der Waals surface area contributed by atoms with Gasteiger partial charge in [-0.3, -0.25) is 4.90 Å². The first-order valence-corrected chi connectivity index (χ1v) is 6.25. The molecule has 1 N–H and O–H groups in total. The fraction of sp³-hybridized carbons (Fsp3) is 0.462. The lowest BCUT2D eigenvalue weighted by molar-refractivity contribution is 0.269. The molecule has 2 aromatic heterocycles. The Bertz CT molecular complexity index is 529. The van der Waals surface area contributed by atoms with Crippen LogP contribution in [0.2, 0.25) is 0 Å². The molecular formula is C13H18N4O. The van der Waals surface area contributed by atoms with E-state index in [2.05, 4.69) is 21.8 Å². The quantitative estimate of drug-likeness (QED) is 0.887. The van der Waals surface area contributed by atoms with E-state index in [-0.39, 0.29) is 0 Å². The van der Waals surface area contributed by atoms with Crippen LogP contribution in [0.4, 0.5) is 0 Å². The molecule has 5 nitrogen and oxygen atoms in total. The molecular weight excluding hydrogens is 228 g/mol. The van der Waals surface area contributed by atoms with Gasteiger partial charge in [-0.25, -0.2) is 4.98 Å². The minimum atomic E-state index is 0.796. The summed E-state index contributed by atoms with van der Waals surface area (Å²) in [6, 6.07) is 3.88. The third-order valence-electron chi connectivity index (χ3n) is 3.37. The first-order chi connectivity index (χ1) is 8.79. The Balaban J connectivity index is 2.08. The number of aromatic nitrogens is 2. The van der Waals surface area contributed by atoms with Crippen molar-refractivity contribution in [2.24, 2.45) is 0 Å². The van der Waals surface area contributed by atoms with Gasteiger partial charge >= 0.3 is 0 Å². The molecule has 0 atom stereocenters. The number of hydrogen-bond acceptors (Lipinski definition) is 4. The second-order valence-electron chi connectivity index (χ2n) is 4.73. The number of hydrogen-bond donors (Lipinski definition) is 1. The van der Waals surface area contributed by atoms with Gasteiger partial charge in [0, 0.05) is 26.2 Å². The van der Waals surface area contributed by atoms with Crippen molar-refractivity contribution in [1.29, 1.82) is 0 Å². The van der Waals surface area contributed by atoms with Crippen LogP contribution in [0.25, 0.3) is 11.6 Å². The molecule has 18 heavy (non-hydrogen) atoms. The normalized spacial score (nSPS) is 15.9. The van der Waals surface area contributed by atoms with Crippen LogP contribution in [0, 0.1) is 0 Å². The number of rotatable bonds is 3. The third kappa shape index (κ3) is 1.85. The first-order valence-electron chi connectivity index (χ1n) is 6.25. The van der Waals surface area contributed by atoms with E-state index in [1.54, 1.807) is 6.26 Å². The summed E-state index contributed by atoms with van der Waals surface area (Å²) in [6.45, 7) is 3.77. The van der Waals surface area contributed by atoms with Crippen molar-refractivity contribution in [3.05, 3.63) is 29.8 Å². The van der Waals surface area contributed by atoms with Crippen LogP contribution in [0.5, 0.6) is 0 Å². The highest BCUT2D eigenvalue weighted by molar-refractivity contribution is 5.50. The summed E-state index contributed by atoms with van der Waals surface area (Å²) in [6.07, 6.45) is 1.70. The molecule has 1 aliphatic heterocycles. The maximum Gasteiger partial charge on any atom is 0.176 e. The van der Waals surface area contributed by atoms with Gasteiger partial charge in [-0.15, -0.1) is 0 Å². The fourth-order valence-electron chi connectivity index (χ4n) is 2.46. The molecule has 0 fully saturated rings. The van der Waals surface area contributed by atoms with Crippen molar-refractivity contribution in [1.82, 2.24) is 19.8 Å². The molecule has 0 unspecified atom stereocenters. The summed E-state index contributed by atoms with van der Waals surface area (Å²) >= 11 is 0. The van der Waals surface area contributed by atoms with Crippen molar-refractivity contribution in [2.45, 2.75) is 19.6 Å². The average Bonchev–Trinajstić information content (AvgIpc) is 2.97. The first kappa shape index (κ1) is 11.5. The lowest BCUT2D eigenvalue weighted by atomic mass is 10.2. The molecule has 2 aromatic rings. The molecule has 1 aliphatic rings. The van der Waals surface area contributed by atoms with Crippen LogP contribution >= 0.6 is 0 Å². The summed E-state index contributed by atoms with van der Waals surface area (Å²) in [7, 11) is 4.09. The Kier molecular flexibility index (Phi) is 2.93. The van der Waals surface area contributed by atoms with E-state index in [9.17, 15) is 0 Å². The molecule has 3 heterocycles. The van der Waals surface area contributed by atoms with Crippen molar-refractivity contribution < 1.29 is 4.42 Å². The van der Waals surface area contributed by atoms with Gasteiger partial charge in [0.25, 0.3) is 0 Å². The summed E-state index contributed by atoms with van der Waals surface area (Å²) < 4.78 is 7.77. The molecule has 0 saturated carbocycles. The molecule has 0 aromatic carbocycles. The fourth-order valence-corrected chi connectivity index (χ4v) is 2.46. The van der Waals surface area contributed by atoms with Crippen LogP contribution in [0.15, 0.2) is 22.8 Å². The topological polar surface area (TPSA) is 46.2 Å². The molecule has 0 spiro atoms. The van der Waals surface area contributed by atoms with Crippen molar-refractivity contribution in [2.75, 3.05) is 20.6 Å². The highest BCUT2D eigenvalue weighted by atomic mass is 16.3. The van der Waals surface area contributed by atoms with Gasteiger partial charge in [-0.05, 0) is 26.2 Å². The van der Waals surface area contributed by atoms with Crippen LogP contribution in [0.3, 0.4) is 0 Å². The smallest absolute Gasteiger partial charge is 0.176 e. The van der Waals surface area contributed by atoms with Gasteiger partial charge in [0.2, 0.25) is 0 Å². The Labute approximate surface area is 106 Å². The van der Waals surface area contributed by atoms with Crippen LogP contribution < -0.4 is 5.32 Å². The molecule has 3 rings (SSSR count). The van der Waals surface area contributed by atoms with Crippen LogP contribution in [-0.4, -0.2) is 35.1 Å². The number of furan rings is 1. The van der Waals surface area contributed by atoms with E-state index in [0.29, 0.717) is 0 Å². The van der Waals surface area contributed by atoms with E-state index in [1.165, 1.54) is 5.69 Å². The largest absolute Gasteiger partial charge is 0.461 e. The minimum absolute atomic E-state index is 0.796. The summed E-state index contributed by atoms with van der Waals surface area (Å²) in [5.74, 6) is 1.80. The Hall–Kier alpha value is -1.59. The lowest BCUT2D eigenvalue weighted by Gasteiger charge is -2.25. The van der Waals surface area contributed by atoms with Crippen molar-refractivity contribution in [3.63, 3.8) is 0 Å². The molecule has 0 amide bonds. The number of nitrogens with zero attached hydrogens (tertiary/aromatic N) is 3. The average molecular weight is 246 g/mol.